The number of rotatable bonds is 4. The van der Waals surface area contributed by atoms with Gasteiger partial charge in [0.25, 0.3) is 0 Å². The van der Waals surface area contributed by atoms with E-state index in [0.717, 1.165) is 15.7 Å². The Hall–Kier alpha value is -1.39. The van der Waals surface area contributed by atoms with Crippen LogP contribution in [0.2, 0.25) is 5.02 Å². The van der Waals surface area contributed by atoms with Crippen molar-refractivity contribution in [3.8, 4) is 11.5 Å². The minimum atomic E-state index is 0.0410. The Kier molecular flexibility index (Phi) is 4.78. The summed E-state index contributed by atoms with van der Waals surface area (Å²) < 4.78 is 6.06. The zero-order chi connectivity index (χ0) is 14.7. The lowest BCUT2D eigenvalue weighted by atomic mass is 10.1. The normalized spacial score (nSPS) is 12.0. The van der Waals surface area contributed by atoms with Crippen molar-refractivity contribution >= 4 is 33.2 Å². The van der Waals surface area contributed by atoms with Crippen molar-refractivity contribution in [3.63, 3.8) is 0 Å². The van der Waals surface area contributed by atoms with Crippen LogP contribution in [0, 0.1) is 0 Å². The molecule has 2 aromatic carbocycles. The molecular weight excluding hydrogens is 342 g/mol. The van der Waals surface area contributed by atoms with E-state index in [2.05, 4.69) is 21.2 Å². The van der Waals surface area contributed by atoms with Crippen molar-refractivity contribution in [3.05, 3.63) is 51.5 Å². The van der Waals surface area contributed by atoms with Crippen LogP contribution in [0.3, 0.4) is 0 Å². The Morgan fingerprint density at radius 3 is 2.70 bits per heavy atom. The van der Waals surface area contributed by atoms with Crippen LogP contribution in [0.15, 0.2) is 40.9 Å². The number of ether oxygens (including phenoxy) is 1. The molecule has 0 heterocycles. The lowest BCUT2D eigenvalue weighted by Crippen LogP contribution is -2.07. The first kappa shape index (κ1) is 15.0. The van der Waals surface area contributed by atoms with E-state index in [9.17, 15) is 5.11 Å². The third-order valence-electron chi connectivity index (χ3n) is 3.00. The number of aromatic hydroxyl groups is 1. The first-order chi connectivity index (χ1) is 9.51. The van der Waals surface area contributed by atoms with Gasteiger partial charge in [0.05, 0.1) is 12.8 Å². The number of hydrogen-bond donors (Lipinski definition) is 2. The minimum absolute atomic E-state index is 0.0410. The summed E-state index contributed by atoms with van der Waals surface area (Å²) in [6, 6.07) is 10.9. The summed E-state index contributed by atoms with van der Waals surface area (Å²) in [5.74, 6) is 0.591. The van der Waals surface area contributed by atoms with Gasteiger partial charge in [0, 0.05) is 15.5 Å². The molecule has 1 unspecified atom stereocenters. The van der Waals surface area contributed by atoms with Crippen LogP contribution in [0.25, 0.3) is 0 Å². The fourth-order valence-electron chi connectivity index (χ4n) is 1.89. The molecule has 3 nitrogen and oxygen atoms in total. The van der Waals surface area contributed by atoms with E-state index in [0.29, 0.717) is 10.8 Å². The van der Waals surface area contributed by atoms with Gasteiger partial charge in [0.15, 0.2) is 11.5 Å². The molecule has 0 aliphatic carbocycles. The Morgan fingerprint density at radius 2 is 2.00 bits per heavy atom. The molecule has 0 aliphatic rings. The third kappa shape index (κ3) is 3.38. The lowest BCUT2D eigenvalue weighted by molar-refractivity contribution is 0.373. The van der Waals surface area contributed by atoms with Gasteiger partial charge in [-0.25, -0.2) is 0 Å². The highest BCUT2D eigenvalue weighted by Crippen LogP contribution is 2.32. The van der Waals surface area contributed by atoms with Gasteiger partial charge < -0.3 is 15.2 Å². The van der Waals surface area contributed by atoms with Gasteiger partial charge in [0.2, 0.25) is 0 Å². The zero-order valence-corrected chi connectivity index (χ0v) is 13.5. The number of hydrogen-bond acceptors (Lipinski definition) is 3. The molecule has 5 heteroatoms. The summed E-state index contributed by atoms with van der Waals surface area (Å²) in [6.07, 6.45) is 0. The predicted octanol–water partition coefficient (Wildman–Crippen LogP) is 4.99. The van der Waals surface area contributed by atoms with Crippen molar-refractivity contribution < 1.29 is 9.84 Å². The lowest BCUT2D eigenvalue weighted by Gasteiger charge is -2.18. The standard InChI is InChI=1S/C15H15BrClNO2/c1-9(10-3-6-14(19)15(7-10)20-2)18-13-8-11(17)4-5-12(13)16/h3-9,18-19H,1-2H3. The van der Waals surface area contributed by atoms with E-state index in [1.54, 1.807) is 6.07 Å². The summed E-state index contributed by atoms with van der Waals surface area (Å²) in [6.45, 7) is 2.03. The highest BCUT2D eigenvalue weighted by Gasteiger charge is 2.11. The molecule has 0 aliphatic heterocycles. The van der Waals surface area contributed by atoms with Gasteiger partial charge in [-0.05, 0) is 58.7 Å². The number of benzene rings is 2. The number of methoxy groups -OCH3 is 1. The van der Waals surface area contributed by atoms with E-state index < -0.39 is 0 Å². The topological polar surface area (TPSA) is 41.5 Å². The van der Waals surface area contributed by atoms with Crippen LogP contribution in [-0.4, -0.2) is 12.2 Å². The maximum absolute atomic E-state index is 9.62. The van der Waals surface area contributed by atoms with Crippen LogP contribution < -0.4 is 10.1 Å². The summed E-state index contributed by atoms with van der Waals surface area (Å²) >= 11 is 9.49. The smallest absolute Gasteiger partial charge is 0.160 e. The molecule has 2 N–H and O–H groups in total. The summed E-state index contributed by atoms with van der Waals surface area (Å²) in [5.41, 5.74) is 1.92. The Labute approximate surface area is 131 Å². The monoisotopic (exact) mass is 355 g/mol. The Bertz CT molecular complexity index is 619. The van der Waals surface area contributed by atoms with Gasteiger partial charge in [0.1, 0.15) is 0 Å². The molecule has 2 rings (SSSR count). The molecular formula is C15H15BrClNO2. The van der Waals surface area contributed by atoms with Gasteiger partial charge in [-0.1, -0.05) is 17.7 Å². The largest absolute Gasteiger partial charge is 0.504 e. The van der Waals surface area contributed by atoms with Crippen LogP contribution >= 0.6 is 27.5 Å². The highest BCUT2D eigenvalue weighted by molar-refractivity contribution is 9.10. The maximum Gasteiger partial charge on any atom is 0.160 e. The Morgan fingerprint density at radius 1 is 1.25 bits per heavy atom. The van der Waals surface area contributed by atoms with E-state index in [-0.39, 0.29) is 11.8 Å². The second kappa shape index (κ2) is 6.37. The van der Waals surface area contributed by atoms with Crippen molar-refractivity contribution in [2.45, 2.75) is 13.0 Å². The van der Waals surface area contributed by atoms with Gasteiger partial charge in [-0.15, -0.1) is 0 Å². The summed E-state index contributed by atoms with van der Waals surface area (Å²) in [7, 11) is 1.53. The molecule has 0 aromatic heterocycles. The summed E-state index contributed by atoms with van der Waals surface area (Å²) in [5, 5.41) is 13.7. The van der Waals surface area contributed by atoms with E-state index in [1.807, 2.05) is 37.3 Å². The second-order valence-electron chi connectivity index (χ2n) is 4.42. The van der Waals surface area contributed by atoms with Crippen molar-refractivity contribution in [1.29, 1.82) is 0 Å². The van der Waals surface area contributed by atoms with E-state index in [4.69, 9.17) is 16.3 Å². The maximum atomic E-state index is 9.62. The molecule has 0 spiro atoms. The number of halogens is 2. The number of phenols is 1. The van der Waals surface area contributed by atoms with Crippen LogP contribution in [-0.2, 0) is 0 Å². The molecule has 0 fully saturated rings. The van der Waals surface area contributed by atoms with Crippen molar-refractivity contribution in [2.24, 2.45) is 0 Å². The Balaban J connectivity index is 2.23. The first-order valence-corrected chi connectivity index (χ1v) is 7.27. The zero-order valence-electron chi connectivity index (χ0n) is 11.2. The quantitative estimate of drug-likeness (QED) is 0.811. The fraction of sp³-hybridized carbons (Fsp3) is 0.200. The molecule has 106 valence electrons. The average molecular weight is 357 g/mol. The SMILES string of the molecule is COc1cc(C(C)Nc2cc(Cl)ccc2Br)ccc1O. The second-order valence-corrected chi connectivity index (χ2v) is 5.71. The van der Waals surface area contributed by atoms with Crippen LogP contribution in [0.4, 0.5) is 5.69 Å². The molecule has 2 aromatic rings. The van der Waals surface area contributed by atoms with Crippen LogP contribution in [0.1, 0.15) is 18.5 Å². The number of nitrogens with one attached hydrogen (secondary N) is 1. The molecule has 0 bridgehead atoms. The first-order valence-electron chi connectivity index (χ1n) is 6.09. The average Bonchev–Trinajstić information content (AvgIpc) is 2.43. The molecule has 0 amide bonds. The van der Waals surface area contributed by atoms with Crippen molar-refractivity contribution in [1.82, 2.24) is 0 Å². The van der Waals surface area contributed by atoms with Gasteiger partial charge >= 0.3 is 0 Å². The molecule has 1 atom stereocenters. The van der Waals surface area contributed by atoms with Gasteiger partial charge in [-0.3, -0.25) is 0 Å². The molecule has 20 heavy (non-hydrogen) atoms. The predicted molar refractivity (Wildman–Crippen MR) is 85.8 cm³/mol. The van der Waals surface area contributed by atoms with E-state index >= 15 is 0 Å². The molecule has 0 saturated carbocycles. The van der Waals surface area contributed by atoms with E-state index in [1.165, 1.54) is 7.11 Å². The fourth-order valence-corrected chi connectivity index (χ4v) is 2.42. The van der Waals surface area contributed by atoms with Gasteiger partial charge in [-0.2, -0.15) is 0 Å². The minimum Gasteiger partial charge on any atom is -0.504 e. The highest BCUT2D eigenvalue weighted by atomic mass is 79.9. The summed E-state index contributed by atoms with van der Waals surface area (Å²) in [4.78, 5) is 0. The number of phenolic OH excluding ortho intramolecular Hbond substituents is 1. The third-order valence-corrected chi connectivity index (χ3v) is 3.93. The molecule has 0 radical (unpaired) electrons. The molecule has 0 saturated heterocycles. The van der Waals surface area contributed by atoms with Crippen LogP contribution in [0.5, 0.6) is 11.5 Å². The number of anilines is 1. The van der Waals surface area contributed by atoms with Crippen molar-refractivity contribution in [2.75, 3.05) is 12.4 Å².